The van der Waals surface area contributed by atoms with Crippen molar-refractivity contribution in [2.24, 2.45) is 5.73 Å². The average Bonchev–Trinajstić information content (AvgIpc) is 2.62. The third kappa shape index (κ3) is 3.40. The predicted molar refractivity (Wildman–Crippen MR) is 58.0 cm³/mol. The molecule has 1 rings (SSSR count). The first kappa shape index (κ1) is 11.7. The number of nitrogens with one attached hydrogen (secondary N) is 1. The number of ether oxygens (including phenoxy) is 1. The monoisotopic (exact) mass is 262 g/mol. The molecule has 5 heteroatoms. The number of amides is 1. The molecule has 0 saturated carbocycles. The van der Waals surface area contributed by atoms with Crippen molar-refractivity contribution in [2.75, 3.05) is 13.1 Å². The molecule has 0 aliphatic carbocycles. The maximum Gasteiger partial charge on any atom is 0.249 e. The molecule has 1 aliphatic heterocycles. The van der Waals surface area contributed by atoms with Crippen LogP contribution in [0.4, 0.5) is 0 Å². The second-order valence-corrected chi connectivity index (χ2v) is 4.42. The van der Waals surface area contributed by atoms with Crippen LogP contribution in [-0.2, 0) is 9.53 Å². The van der Waals surface area contributed by atoms with Crippen molar-refractivity contribution in [3.63, 3.8) is 0 Å². The van der Waals surface area contributed by atoms with Gasteiger partial charge in [-0.3, -0.25) is 4.79 Å². The van der Waals surface area contributed by atoms with E-state index < -0.39 is 0 Å². The van der Waals surface area contributed by atoms with Crippen LogP contribution in [0.25, 0.3) is 0 Å². The highest BCUT2D eigenvalue weighted by atomic mass is 79.9. The molecule has 1 heterocycles. The summed E-state index contributed by atoms with van der Waals surface area (Å²) < 4.78 is 6.17. The number of rotatable bonds is 4. The number of carbonyl (C=O) groups is 1. The molecule has 0 aromatic heterocycles. The zero-order valence-electron chi connectivity index (χ0n) is 7.96. The van der Waals surface area contributed by atoms with Crippen molar-refractivity contribution in [3.8, 4) is 0 Å². The normalized spacial score (nSPS) is 26.1. The van der Waals surface area contributed by atoms with Crippen LogP contribution in [0.1, 0.15) is 12.8 Å². The second-order valence-electron chi connectivity index (χ2n) is 3.29. The van der Waals surface area contributed by atoms with Gasteiger partial charge in [-0.15, -0.1) is 0 Å². The molecule has 0 aromatic rings. The zero-order valence-corrected chi connectivity index (χ0v) is 9.55. The van der Waals surface area contributed by atoms with Gasteiger partial charge in [0.25, 0.3) is 0 Å². The lowest BCUT2D eigenvalue weighted by Gasteiger charge is -2.12. The minimum absolute atomic E-state index is 0.0397. The van der Waals surface area contributed by atoms with Crippen LogP contribution in [0, 0.1) is 0 Å². The molecular weight excluding hydrogens is 248 g/mol. The van der Waals surface area contributed by atoms with Gasteiger partial charge in [0.15, 0.2) is 0 Å². The summed E-state index contributed by atoms with van der Waals surface area (Å²) >= 11 is 3.17. The minimum atomic E-state index is -0.338. The van der Waals surface area contributed by atoms with Gasteiger partial charge in [0.1, 0.15) is 6.10 Å². The average molecular weight is 263 g/mol. The summed E-state index contributed by atoms with van der Waals surface area (Å²) in [5.74, 6) is -0.0819. The molecule has 1 saturated heterocycles. The third-order valence-electron chi connectivity index (χ3n) is 2.12. The SMILES string of the molecule is C=C(Br)CNC(=O)[C@@H]1CC[C@H](CN)O1. The Bertz CT molecular complexity index is 233. The van der Waals surface area contributed by atoms with E-state index in [1.54, 1.807) is 0 Å². The lowest BCUT2D eigenvalue weighted by molar-refractivity contribution is -0.131. The molecule has 80 valence electrons. The Kier molecular flexibility index (Phi) is 4.57. The van der Waals surface area contributed by atoms with E-state index in [-0.39, 0.29) is 18.1 Å². The molecular formula is C9H15BrN2O2. The van der Waals surface area contributed by atoms with Gasteiger partial charge < -0.3 is 15.8 Å². The fraction of sp³-hybridized carbons (Fsp3) is 0.667. The number of nitrogens with two attached hydrogens (primary N) is 1. The maximum atomic E-state index is 11.5. The molecule has 1 aliphatic rings. The quantitative estimate of drug-likeness (QED) is 0.777. The minimum Gasteiger partial charge on any atom is -0.364 e. The molecule has 0 spiro atoms. The first-order valence-electron chi connectivity index (χ1n) is 4.60. The van der Waals surface area contributed by atoms with E-state index >= 15 is 0 Å². The van der Waals surface area contributed by atoms with Crippen molar-refractivity contribution in [2.45, 2.75) is 25.0 Å². The highest BCUT2D eigenvalue weighted by Gasteiger charge is 2.29. The van der Waals surface area contributed by atoms with Crippen molar-refractivity contribution in [1.82, 2.24) is 5.32 Å². The lowest BCUT2D eigenvalue weighted by Crippen LogP contribution is -2.36. The van der Waals surface area contributed by atoms with Crippen molar-refractivity contribution in [3.05, 3.63) is 11.1 Å². The van der Waals surface area contributed by atoms with Gasteiger partial charge in [0, 0.05) is 17.6 Å². The standard InChI is InChI=1S/C9H15BrN2O2/c1-6(10)5-12-9(13)8-3-2-7(4-11)14-8/h7-8H,1-5,11H2,(H,12,13)/t7-,8+/m1/s1. The van der Waals surface area contributed by atoms with Crippen molar-refractivity contribution in [1.29, 1.82) is 0 Å². The molecule has 0 bridgehead atoms. The summed E-state index contributed by atoms with van der Waals surface area (Å²) in [6.07, 6.45) is 1.32. The summed E-state index contributed by atoms with van der Waals surface area (Å²) in [5.41, 5.74) is 5.44. The molecule has 14 heavy (non-hydrogen) atoms. The van der Waals surface area contributed by atoms with E-state index in [0.29, 0.717) is 13.1 Å². The molecule has 3 N–H and O–H groups in total. The Morgan fingerprint density at radius 1 is 1.64 bits per heavy atom. The van der Waals surface area contributed by atoms with Gasteiger partial charge in [-0.2, -0.15) is 0 Å². The van der Waals surface area contributed by atoms with Crippen LogP contribution in [-0.4, -0.2) is 31.2 Å². The van der Waals surface area contributed by atoms with E-state index in [2.05, 4.69) is 27.8 Å². The van der Waals surface area contributed by atoms with Crippen LogP contribution in [0.2, 0.25) is 0 Å². The molecule has 0 radical (unpaired) electrons. The fourth-order valence-electron chi connectivity index (χ4n) is 1.37. The first-order valence-corrected chi connectivity index (χ1v) is 5.39. The number of halogens is 1. The van der Waals surface area contributed by atoms with E-state index in [9.17, 15) is 4.79 Å². The van der Waals surface area contributed by atoms with E-state index in [0.717, 1.165) is 17.3 Å². The Morgan fingerprint density at radius 3 is 2.86 bits per heavy atom. The molecule has 1 fully saturated rings. The zero-order chi connectivity index (χ0) is 10.6. The third-order valence-corrected chi connectivity index (χ3v) is 2.40. The summed E-state index contributed by atoms with van der Waals surface area (Å²) in [6, 6.07) is 0. The fourth-order valence-corrected chi connectivity index (χ4v) is 1.51. The van der Waals surface area contributed by atoms with Gasteiger partial charge in [-0.1, -0.05) is 22.5 Å². The van der Waals surface area contributed by atoms with Gasteiger partial charge >= 0.3 is 0 Å². The second kappa shape index (κ2) is 5.48. The Hall–Kier alpha value is -0.390. The van der Waals surface area contributed by atoms with Crippen LogP contribution in [0.5, 0.6) is 0 Å². The van der Waals surface area contributed by atoms with Crippen molar-refractivity contribution >= 4 is 21.8 Å². The number of carbonyl (C=O) groups excluding carboxylic acids is 1. The van der Waals surface area contributed by atoms with E-state index in [1.165, 1.54) is 0 Å². The summed E-state index contributed by atoms with van der Waals surface area (Å²) in [4.78, 5) is 11.5. The van der Waals surface area contributed by atoms with E-state index in [4.69, 9.17) is 10.5 Å². The van der Waals surface area contributed by atoms with E-state index in [1.807, 2.05) is 0 Å². The van der Waals surface area contributed by atoms with Crippen LogP contribution >= 0.6 is 15.9 Å². The molecule has 0 unspecified atom stereocenters. The Morgan fingerprint density at radius 2 is 2.36 bits per heavy atom. The van der Waals surface area contributed by atoms with Crippen LogP contribution in [0.3, 0.4) is 0 Å². The summed E-state index contributed by atoms with van der Waals surface area (Å²) in [7, 11) is 0. The van der Waals surface area contributed by atoms with Crippen LogP contribution in [0.15, 0.2) is 11.1 Å². The van der Waals surface area contributed by atoms with Gasteiger partial charge in [0.2, 0.25) is 5.91 Å². The Labute approximate surface area is 92.0 Å². The highest BCUT2D eigenvalue weighted by Crippen LogP contribution is 2.18. The predicted octanol–water partition coefficient (Wildman–Crippen LogP) is 0.517. The largest absolute Gasteiger partial charge is 0.364 e. The molecule has 1 amide bonds. The number of hydrogen-bond acceptors (Lipinski definition) is 3. The Balaban J connectivity index is 2.28. The smallest absolute Gasteiger partial charge is 0.249 e. The van der Waals surface area contributed by atoms with Crippen molar-refractivity contribution < 1.29 is 9.53 Å². The summed E-state index contributed by atoms with van der Waals surface area (Å²) in [6.45, 7) is 4.54. The van der Waals surface area contributed by atoms with Gasteiger partial charge in [-0.25, -0.2) is 0 Å². The lowest BCUT2D eigenvalue weighted by atomic mass is 10.2. The molecule has 4 nitrogen and oxygen atoms in total. The topological polar surface area (TPSA) is 64.4 Å². The summed E-state index contributed by atoms with van der Waals surface area (Å²) in [5, 5.41) is 2.72. The number of hydrogen-bond donors (Lipinski definition) is 2. The van der Waals surface area contributed by atoms with Gasteiger partial charge in [-0.05, 0) is 12.8 Å². The van der Waals surface area contributed by atoms with Crippen LogP contribution < -0.4 is 11.1 Å². The highest BCUT2D eigenvalue weighted by molar-refractivity contribution is 9.11. The first-order chi connectivity index (χ1) is 6.63. The maximum absolute atomic E-state index is 11.5. The van der Waals surface area contributed by atoms with Gasteiger partial charge in [0.05, 0.1) is 6.10 Å². The molecule has 2 atom stereocenters. The molecule has 0 aromatic carbocycles.